The van der Waals surface area contributed by atoms with E-state index in [9.17, 15) is 19.2 Å². The van der Waals surface area contributed by atoms with Gasteiger partial charge in [0, 0.05) is 0 Å². The smallest absolute Gasteiger partial charge is 0.344 e. The molecule has 0 spiro atoms. The van der Waals surface area contributed by atoms with Gasteiger partial charge in [0.1, 0.15) is 11.5 Å². The molecule has 0 bridgehead atoms. The number of ketones is 1. The van der Waals surface area contributed by atoms with Crippen molar-refractivity contribution in [3.8, 4) is 11.5 Å². The summed E-state index contributed by atoms with van der Waals surface area (Å²) in [5, 5.41) is 2.11. The molecule has 148 valence electrons. The van der Waals surface area contributed by atoms with Gasteiger partial charge in [-0.15, -0.1) is 0 Å². The van der Waals surface area contributed by atoms with Crippen molar-refractivity contribution in [2.75, 3.05) is 27.4 Å². The quantitative estimate of drug-likeness (QED) is 0.260. The molecule has 0 atom stereocenters. The Kier molecular flexibility index (Phi) is 8.25. The van der Waals surface area contributed by atoms with Crippen LogP contribution < -0.4 is 14.8 Å². The number of ether oxygens (including phenoxy) is 4. The Labute approximate surface area is 156 Å². The predicted molar refractivity (Wildman–Crippen MR) is 93.7 cm³/mol. The van der Waals surface area contributed by atoms with Crippen LogP contribution in [0.2, 0.25) is 0 Å². The molecule has 0 aliphatic rings. The summed E-state index contributed by atoms with van der Waals surface area (Å²) in [4.78, 5) is 48.9. The van der Waals surface area contributed by atoms with E-state index in [0.717, 1.165) is 0 Å². The van der Waals surface area contributed by atoms with E-state index in [4.69, 9.17) is 18.9 Å². The maximum Gasteiger partial charge on any atom is 0.344 e. The molecule has 0 fully saturated rings. The number of esters is 2. The summed E-state index contributed by atoms with van der Waals surface area (Å²) in [6.45, 7) is 2.94. The lowest BCUT2D eigenvalue weighted by Crippen LogP contribution is -2.60. The van der Waals surface area contributed by atoms with E-state index >= 15 is 0 Å². The highest BCUT2D eigenvalue weighted by Gasteiger charge is 2.51. The highest BCUT2D eigenvalue weighted by atomic mass is 16.6. The first-order valence-corrected chi connectivity index (χ1v) is 8.21. The molecule has 1 amide bonds. The van der Waals surface area contributed by atoms with E-state index in [1.165, 1.54) is 40.2 Å². The summed E-state index contributed by atoms with van der Waals surface area (Å²) in [6.07, 6.45) is -0.573. The van der Waals surface area contributed by atoms with Crippen LogP contribution in [-0.4, -0.2) is 57.1 Å². The first-order valence-electron chi connectivity index (χ1n) is 8.21. The lowest BCUT2D eigenvalue weighted by atomic mass is 9.89. The molecule has 1 aromatic rings. The van der Waals surface area contributed by atoms with E-state index in [2.05, 4.69) is 5.32 Å². The number of Topliss-reactive ketones (excluding diaryl/α,β-unsaturated/α-hetero) is 1. The SMILES string of the molecule is CCOC(=O)C(CC(=O)c1cc(OC)ccc1OC)(NC=O)C(=O)OCC. The number of benzene rings is 1. The van der Waals surface area contributed by atoms with Gasteiger partial charge in [-0.2, -0.15) is 0 Å². The first kappa shape index (κ1) is 21.9. The van der Waals surface area contributed by atoms with E-state index in [0.29, 0.717) is 5.75 Å². The van der Waals surface area contributed by atoms with E-state index in [-0.39, 0.29) is 30.9 Å². The molecule has 0 radical (unpaired) electrons. The third-order valence-corrected chi connectivity index (χ3v) is 3.69. The monoisotopic (exact) mass is 381 g/mol. The number of nitrogens with one attached hydrogen (secondary N) is 1. The Morgan fingerprint density at radius 1 is 1.04 bits per heavy atom. The molecule has 0 aromatic heterocycles. The van der Waals surface area contributed by atoms with Gasteiger partial charge in [-0.05, 0) is 32.0 Å². The molecule has 0 heterocycles. The molecule has 1 rings (SSSR count). The van der Waals surface area contributed by atoms with Crippen molar-refractivity contribution < 1.29 is 38.1 Å². The molecule has 0 saturated carbocycles. The molecule has 0 aliphatic carbocycles. The average Bonchev–Trinajstić information content (AvgIpc) is 2.67. The summed E-state index contributed by atoms with van der Waals surface area (Å²) in [5.41, 5.74) is -2.23. The highest BCUT2D eigenvalue weighted by molar-refractivity contribution is 6.13. The fraction of sp³-hybridized carbons (Fsp3) is 0.444. The number of carbonyl (C=O) groups is 4. The van der Waals surface area contributed by atoms with Crippen molar-refractivity contribution in [1.29, 1.82) is 0 Å². The van der Waals surface area contributed by atoms with Crippen LogP contribution in [0.3, 0.4) is 0 Å². The van der Waals surface area contributed by atoms with Crippen LogP contribution in [-0.2, 0) is 23.9 Å². The molecule has 9 nitrogen and oxygen atoms in total. The van der Waals surface area contributed by atoms with Gasteiger partial charge in [-0.25, -0.2) is 9.59 Å². The lowest BCUT2D eigenvalue weighted by Gasteiger charge is -2.28. The number of amides is 1. The van der Waals surface area contributed by atoms with Crippen molar-refractivity contribution in [3.63, 3.8) is 0 Å². The first-order chi connectivity index (χ1) is 12.9. The van der Waals surface area contributed by atoms with Gasteiger partial charge in [0.05, 0.1) is 39.4 Å². The van der Waals surface area contributed by atoms with Crippen LogP contribution in [0, 0.1) is 0 Å². The second-order valence-corrected chi connectivity index (χ2v) is 5.27. The van der Waals surface area contributed by atoms with Gasteiger partial charge in [-0.1, -0.05) is 0 Å². The van der Waals surface area contributed by atoms with Gasteiger partial charge < -0.3 is 24.3 Å². The van der Waals surface area contributed by atoms with Gasteiger partial charge in [0.15, 0.2) is 5.78 Å². The van der Waals surface area contributed by atoms with Crippen molar-refractivity contribution in [1.82, 2.24) is 5.32 Å². The normalized spacial score (nSPS) is 10.5. The second-order valence-electron chi connectivity index (χ2n) is 5.27. The molecule has 0 unspecified atom stereocenters. The second kappa shape index (κ2) is 10.1. The van der Waals surface area contributed by atoms with E-state index in [1.54, 1.807) is 6.07 Å². The fourth-order valence-electron chi connectivity index (χ4n) is 2.37. The largest absolute Gasteiger partial charge is 0.497 e. The third-order valence-electron chi connectivity index (χ3n) is 3.69. The van der Waals surface area contributed by atoms with Crippen LogP contribution in [0.25, 0.3) is 0 Å². The Balaban J connectivity index is 3.39. The Bertz CT molecular complexity index is 683. The lowest BCUT2D eigenvalue weighted by molar-refractivity contribution is -0.167. The van der Waals surface area contributed by atoms with Crippen LogP contribution in [0.4, 0.5) is 0 Å². The van der Waals surface area contributed by atoms with Gasteiger partial charge in [0.25, 0.3) is 0 Å². The van der Waals surface area contributed by atoms with Crippen LogP contribution in [0.5, 0.6) is 11.5 Å². The number of rotatable bonds is 11. The molecule has 27 heavy (non-hydrogen) atoms. The molecule has 0 aliphatic heterocycles. The number of methoxy groups -OCH3 is 2. The van der Waals surface area contributed by atoms with Gasteiger partial charge in [0.2, 0.25) is 11.9 Å². The van der Waals surface area contributed by atoms with Crippen molar-refractivity contribution in [3.05, 3.63) is 23.8 Å². The number of hydrogen-bond acceptors (Lipinski definition) is 8. The Hall–Kier alpha value is -3.10. The zero-order chi connectivity index (χ0) is 20.4. The van der Waals surface area contributed by atoms with Crippen molar-refractivity contribution in [2.24, 2.45) is 0 Å². The standard InChI is InChI=1S/C18H23NO8/c1-5-26-16(22)18(19-11-20,17(23)27-6-2)10-14(21)13-9-12(24-3)7-8-15(13)25-4/h7-9,11H,5-6,10H2,1-4H3,(H,19,20). The minimum atomic E-state index is -2.31. The Morgan fingerprint density at radius 2 is 1.63 bits per heavy atom. The molecular weight excluding hydrogens is 358 g/mol. The molecular formula is C18H23NO8. The number of hydrogen-bond donors (Lipinski definition) is 1. The Morgan fingerprint density at radius 3 is 2.07 bits per heavy atom. The topological polar surface area (TPSA) is 117 Å². The summed E-state index contributed by atoms with van der Waals surface area (Å²) in [5.74, 6) is -2.24. The summed E-state index contributed by atoms with van der Waals surface area (Å²) < 4.78 is 20.0. The minimum absolute atomic E-state index is 0.0583. The summed E-state index contributed by atoms with van der Waals surface area (Å²) in [7, 11) is 2.79. The van der Waals surface area contributed by atoms with Crippen LogP contribution in [0.1, 0.15) is 30.6 Å². The zero-order valence-corrected chi connectivity index (χ0v) is 15.7. The van der Waals surface area contributed by atoms with E-state index < -0.39 is 29.7 Å². The third kappa shape index (κ3) is 4.96. The number of carbonyl (C=O) groups excluding carboxylic acids is 4. The average molecular weight is 381 g/mol. The minimum Gasteiger partial charge on any atom is -0.497 e. The zero-order valence-electron chi connectivity index (χ0n) is 15.7. The van der Waals surface area contributed by atoms with Gasteiger partial charge in [-0.3, -0.25) is 9.59 Å². The summed E-state index contributed by atoms with van der Waals surface area (Å²) in [6, 6.07) is 4.50. The molecule has 1 aromatic carbocycles. The van der Waals surface area contributed by atoms with Crippen LogP contribution in [0.15, 0.2) is 18.2 Å². The fourth-order valence-corrected chi connectivity index (χ4v) is 2.37. The molecule has 0 saturated heterocycles. The van der Waals surface area contributed by atoms with Gasteiger partial charge >= 0.3 is 11.9 Å². The predicted octanol–water partition coefficient (Wildman–Crippen LogP) is 0.888. The van der Waals surface area contributed by atoms with Crippen LogP contribution >= 0.6 is 0 Å². The van der Waals surface area contributed by atoms with E-state index in [1.807, 2.05) is 0 Å². The van der Waals surface area contributed by atoms with Crippen molar-refractivity contribution in [2.45, 2.75) is 25.8 Å². The van der Waals surface area contributed by atoms with Crippen molar-refractivity contribution >= 4 is 24.1 Å². The summed E-state index contributed by atoms with van der Waals surface area (Å²) >= 11 is 0. The molecule has 1 N–H and O–H groups in total. The molecule has 9 heteroatoms. The maximum atomic E-state index is 12.9. The maximum absolute atomic E-state index is 12.9. The highest BCUT2D eigenvalue weighted by Crippen LogP contribution is 2.28.